The molecule has 0 aliphatic heterocycles. The van der Waals surface area contributed by atoms with Gasteiger partial charge in [0.25, 0.3) is 0 Å². The Kier molecular flexibility index (Phi) is 3.69. The number of aromatic nitrogens is 2. The van der Waals surface area contributed by atoms with Crippen LogP contribution < -0.4 is 5.73 Å². The largest absolute Gasteiger partial charge is 0.324 e. The normalized spacial score (nSPS) is 13.2. The van der Waals surface area contributed by atoms with E-state index in [-0.39, 0.29) is 6.04 Å². The first-order valence-corrected chi connectivity index (χ1v) is 5.37. The number of hydrogen-bond donors (Lipinski definition) is 1. The third-order valence-electron chi connectivity index (χ3n) is 2.62. The van der Waals surface area contributed by atoms with Gasteiger partial charge in [0.15, 0.2) is 0 Å². The first-order chi connectivity index (χ1) is 6.57. The van der Waals surface area contributed by atoms with Crippen molar-refractivity contribution in [1.29, 1.82) is 0 Å². The summed E-state index contributed by atoms with van der Waals surface area (Å²) in [6, 6.07) is 0.0883. The van der Waals surface area contributed by atoms with Crippen molar-refractivity contribution in [2.75, 3.05) is 0 Å². The molecule has 0 aliphatic carbocycles. The van der Waals surface area contributed by atoms with Crippen molar-refractivity contribution in [1.82, 2.24) is 9.78 Å². The second kappa shape index (κ2) is 4.60. The molecule has 1 atom stereocenters. The predicted octanol–water partition coefficient (Wildman–Crippen LogP) is 2.32. The molecule has 0 spiro atoms. The van der Waals surface area contributed by atoms with E-state index >= 15 is 0 Å². The molecule has 14 heavy (non-hydrogen) atoms. The topological polar surface area (TPSA) is 43.8 Å². The molecule has 0 fully saturated rings. The molecule has 1 aromatic rings. The molecule has 1 aromatic heterocycles. The summed E-state index contributed by atoms with van der Waals surface area (Å²) in [7, 11) is 0. The van der Waals surface area contributed by atoms with Gasteiger partial charge in [-0.05, 0) is 27.2 Å². The van der Waals surface area contributed by atoms with Crippen LogP contribution in [0, 0.1) is 13.8 Å². The van der Waals surface area contributed by atoms with Crippen LogP contribution in [0.2, 0.25) is 0 Å². The lowest BCUT2D eigenvalue weighted by molar-refractivity contribution is 0.554. The van der Waals surface area contributed by atoms with E-state index in [1.165, 1.54) is 24.1 Å². The Labute approximate surface area is 86.3 Å². The van der Waals surface area contributed by atoms with Crippen molar-refractivity contribution in [3.8, 4) is 0 Å². The zero-order valence-electron chi connectivity index (χ0n) is 9.67. The van der Waals surface area contributed by atoms with Crippen molar-refractivity contribution >= 4 is 0 Å². The first kappa shape index (κ1) is 11.2. The highest BCUT2D eigenvalue weighted by molar-refractivity contribution is 5.27. The van der Waals surface area contributed by atoms with Crippen molar-refractivity contribution in [3.63, 3.8) is 0 Å². The number of aryl methyl sites for hydroxylation is 2. The standard InChI is InChI=1S/C11H21N3/c1-5-6-7-14-10(4)11(8(2)12)9(3)13-14/h8H,5-7,12H2,1-4H3. The van der Waals surface area contributed by atoms with Gasteiger partial charge in [-0.3, -0.25) is 4.68 Å². The number of unbranched alkanes of at least 4 members (excludes halogenated alkanes) is 1. The fourth-order valence-corrected chi connectivity index (χ4v) is 1.90. The van der Waals surface area contributed by atoms with Gasteiger partial charge in [-0.25, -0.2) is 0 Å². The maximum Gasteiger partial charge on any atom is 0.0644 e. The Morgan fingerprint density at radius 3 is 2.50 bits per heavy atom. The molecule has 0 aromatic carbocycles. The maximum atomic E-state index is 5.90. The third-order valence-corrected chi connectivity index (χ3v) is 2.62. The van der Waals surface area contributed by atoms with Gasteiger partial charge >= 0.3 is 0 Å². The van der Waals surface area contributed by atoms with Crippen molar-refractivity contribution in [3.05, 3.63) is 17.0 Å². The molecule has 1 heterocycles. The van der Waals surface area contributed by atoms with E-state index in [1.54, 1.807) is 0 Å². The zero-order valence-corrected chi connectivity index (χ0v) is 9.67. The van der Waals surface area contributed by atoms with Crippen molar-refractivity contribution < 1.29 is 0 Å². The van der Waals surface area contributed by atoms with Crippen molar-refractivity contribution in [2.45, 2.75) is 53.1 Å². The Hall–Kier alpha value is -0.830. The van der Waals surface area contributed by atoms with Gasteiger partial charge in [0.1, 0.15) is 0 Å². The van der Waals surface area contributed by atoms with E-state index in [1.807, 2.05) is 13.8 Å². The Balaban J connectivity index is 2.92. The second-order valence-corrected chi connectivity index (χ2v) is 3.95. The van der Waals surface area contributed by atoms with Gasteiger partial charge in [-0.1, -0.05) is 13.3 Å². The van der Waals surface area contributed by atoms with Gasteiger partial charge in [0.05, 0.1) is 5.69 Å². The van der Waals surface area contributed by atoms with Gasteiger partial charge < -0.3 is 5.73 Å². The van der Waals surface area contributed by atoms with Gasteiger partial charge in [-0.15, -0.1) is 0 Å². The number of rotatable bonds is 4. The molecule has 2 N–H and O–H groups in total. The van der Waals surface area contributed by atoms with Gasteiger partial charge in [0, 0.05) is 23.8 Å². The fraction of sp³-hybridized carbons (Fsp3) is 0.727. The molecule has 0 radical (unpaired) electrons. The number of hydrogen-bond acceptors (Lipinski definition) is 2. The molecular formula is C11H21N3. The van der Waals surface area contributed by atoms with Crippen LogP contribution in [0.4, 0.5) is 0 Å². The minimum atomic E-state index is 0.0883. The average Bonchev–Trinajstić information content (AvgIpc) is 2.38. The van der Waals surface area contributed by atoms with Gasteiger partial charge in [0.2, 0.25) is 0 Å². The number of nitrogens with two attached hydrogens (primary N) is 1. The molecule has 1 rings (SSSR count). The summed E-state index contributed by atoms with van der Waals surface area (Å²) < 4.78 is 2.08. The van der Waals surface area contributed by atoms with Crippen LogP contribution in [0.25, 0.3) is 0 Å². The van der Waals surface area contributed by atoms with Crippen LogP contribution in [0.15, 0.2) is 0 Å². The summed E-state index contributed by atoms with van der Waals surface area (Å²) in [6.45, 7) is 9.36. The van der Waals surface area contributed by atoms with Crippen LogP contribution in [-0.4, -0.2) is 9.78 Å². The first-order valence-electron chi connectivity index (χ1n) is 5.37. The SMILES string of the molecule is CCCCn1nc(C)c(C(C)N)c1C. The molecule has 0 saturated carbocycles. The van der Waals surface area contributed by atoms with E-state index < -0.39 is 0 Å². The fourth-order valence-electron chi connectivity index (χ4n) is 1.90. The summed E-state index contributed by atoms with van der Waals surface area (Å²) in [4.78, 5) is 0. The minimum Gasteiger partial charge on any atom is -0.324 e. The molecule has 0 bridgehead atoms. The molecule has 3 heteroatoms. The maximum absolute atomic E-state index is 5.90. The van der Waals surface area contributed by atoms with Crippen LogP contribution >= 0.6 is 0 Å². The minimum absolute atomic E-state index is 0.0883. The highest BCUT2D eigenvalue weighted by atomic mass is 15.3. The lowest BCUT2D eigenvalue weighted by Gasteiger charge is -2.06. The summed E-state index contributed by atoms with van der Waals surface area (Å²) in [6.07, 6.45) is 2.38. The highest BCUT2D eigenvalue weighted by Crippen LogP contribution is 2.19. The summed E-state index contributed by atoms with van der Waals surface area (Å²) in [5.74, 6) is 0. The van der Waals surface area contributed by atoms with Crippen molar-refractivity contribution in [2.24, 2.45) is 5.73 Å². The highest BCUT2D eigenvalue weighted by Gasteiger charge is 2.13. The molecule has 0 amide bonds. The van der Waals surface area contributed by atoms with Crippen LogP contribution in [-0.2, 0) is 6.54 Å². The molecule has 0 aliphatic rings. The van der Waals surface area contributed by atoms with Gasteiger partial charge in [-0.2, -0.15) is 5.10 Å². The predicted molar refractivity (Wildman–Crippen MR) is 59.2 cm³/mol. The number of nitrogens with zero attached hydrogens (tertiary/aromatic N) is 2. The molecule has 0 saturated heterocycles. The van der Waals surface area contributed by atoms with Crippen LogP contribution in [0.1, 0.15) is 49.7 Å². The lowest BCUT2D eigenvalue weighted by Crippen LogP contribution is -2.08. The Morgan fingerprint density at radius 1 is 1.43 bits per heavy atom. The van der Waals surface area contributed by atoms with Crippen LogP contribution in [0.5, 0.6) is 0 Å². The summed E-state index contributed by atoms with van der Waals surface area (Å²) in [5, 5.41) is 4.51. The van der Waals surface area contributed by atoms with E-state index in [4.69, 9.17) is 5.73 Å². The quantitative estimate of drug-likeness (QED) is 0.801. The Bertz CT molecular complexity index is 300. The lowest BCUT2D eigenvalue weighted by atomic mass is 10.1. The second-order valence-electron chi connectivity index (χ2n) is 3.95. The van der Waals surface area contributed by atoms with E-state index in [2.05, 4.69) is 23.6 Å². The van der Waals surface area contributed by atoms with Crippen LogP contribution in [0.3, 0.4) is 0 Å². The zero-order chi connectivity index (χ0) is 10.7. The molecular weight excluding hydrogens is 174 g/mol. The molecule has 80 valence electrons. The molecule has 1 unspecified atom stereocenters. The van der Waals surface area contributed by atoms with E-state index in [9.17, 15) is 0 Å². The molecule has 3 nitrogen and oxygen atoms in total. The smallest absolute Gasteiger partial charge is 0.0644 e. The summed E-state index contributed by atoms with van der Waals surface area (Å²) >= 11 is 0. The average molecular weight is 195 g/mol. The third kappa shape index (κ3) is 2.15. The monoisotopic (exact) mass is 195 g/mol. The van der Waals surface area contributed by atoms with E-state index in [0.29, 0.717) is 0 Å². The summed E-state index contributed by atoms with van der Waals surface area (Å²) in [5.41, 5.74) is 9.42. The van der Waals surface area contributed by atoms with E-state index in [0.717, 1.165) is 12.2 Å². The Morgan fingerprint density at radius 2 is 2.07 bits per heavy atom.